The van der Waals surface area contributed by atoms with Crippen molar-refractivity contribution in [2.45, 2.75) is 50.2 Å². The molecule has 0 spiro atoms. The fourth-order valence-corrected chi connectivity index (χ4v) is 5.92. The summed E-state index contributed by atoms with van der Waals surface area (Å²) in [5.74, 6) is -1.42. The second-order valence-corrected chi connectivity index (χ2v) is 11.0. The van der Waals surface area contributed by atoms with Gasteiger partial charge in [-0.05, 0) is 39.0 Å². The predicted molar refractivity (Wildman–Crippen MR) is 138 cm³/mol. The molecule has 0 amide bonds. The van der Waals surface area contributed by atoms with Gasteiger partial charge >= 0.3 is 13.7 Å². The van der Waals surface area contributed by atoms with Gasteiger partial charge in [0.2, 0.25) is 5.60 Å². The van der Waals surface area contributed by atoms with E-state index >= 15 is 0 Å². The molecule has 1 aliphatic rings. The van der Waals surface area contributed by atoms with Crippen molar-refractivity contribution in [2.75, 3.05) is 18.9 Å². The molecular weight excluding hydrogens is 548 g/mol. The fraction of sp³-hybridized carbons (Fsp3) is 0.400. The number of rotatable bonds is 10. The lowest BCUT2D eigenvalue weighted by Crippen LogP contribution is -2.52. The van der Waals surface area contributed by atoms with E-state index < -0.39 is 55.6 Å². The first kappa shape index (κ1) is 29.4. The number of carbonyl (C=O) groups excluding carboxylic acids is 1. The summed E-state index contributed by atoms with van der Waals surface area (Å²) in [6.45, 7) is 3.52. The molecular formula is C25H29FN5O8P. The Kier molecular flexibility index (Phi) is 8.18. The first-order valence-electron chi connectivity index (χ1n) is 12.2. The lowest BCUT2D eigenvalue weighted by Gasteiger charge is -2.33. The van der Waals surface area contributed by atoms with E-state index in [0.717, 1.165) is 17.5 Å². The average molecular weight is 578 g/mol. The SMILES string of the molecule is CCOC(=O)[C@H](C)NP(=O)(OC[C@H]1O[C@@](C#N)(c2cc(F)c3c(N)ccnn23)[C@](C)(O)[C@@H]1O)Oc1ccccc1. The first-order valence-corrected chi connectivity index (χ1v) is 13.8. The highest BCUT2D eigenvalue weighted by Gasteiger charge is 2.66. The van der Waals surface area contributed by atoms with E-state index in [-0.39, 0.29) is 29.3 Å². The minimum Gasteiger partial charge on any atom is -0.465 e. The molecule has 15 heteroatoms. The zero-order valence-corrected chi connectivity index (χ0v) is 22.7. The van der Waals surface area contributed by atoms with E-state index in [2.05, 4.69) is 10.2 Å². The molecule has 0 saturated carbocycles. The maximum atomic E-state index is 14.9. The Morgan fingerprint density at radius 1 is 1.40 bits per heavy atom. The number of nitrogens with zero attached hydrogens (tertiary/aromatic N) is 3. The van der Waals surface area contributed by atoms with Gasteiger partial charge in [0.1, 0.15) is 41.2 Å². The van der Waals surface area contributed by atoms with Crippen LogP contribution in [-0.2, 0) is 29.0 Å². The number of benzene rings is 1. The largest absolute Gasteiger partial charge is 0.465 e. The summed E-state index contributed by atoms with van der Waals surface area (Å²) in [5.41, 5.74) is 0.810. The Balaban J connectivity index is 1.65. The number of carbonyl (C=O) groups is 1. The van der Waals surface area contributed by atoms with Crippen LogP contribution < -0.4 is 15.3 Å². The summed E-state index contributed by atoms with van der Waals surface area (Å²) >= 11 is 0. The van der Waals surface area contributed by atoms with E-state index in [1.807, 2.05) is 6.07 Å². The highest BCUT2D eigenvalue weighted by molar-refractivity contribution is 7.52. The van der Waals surface area contributed by atoms with Crippen molar-refractivity contribution < 1.29 is 42.5 Å². The third-order valence-corrected chi connectivity index (χ3v) is 8.14. The van der Waals surface area contributed by atoms with Gasteiger partial charge in [-0.1, -0.05) is 18.2 Å². The number of esters is 1. The highest BCUT2D eigenvalue weighted by atomic mass is 31.2. The summed E-state index contributed by atoms with van der Waals surface area (Å²) in [6.07, 6.45) is -2.00. The zero-order valence-electron chi connectivity index (χ0n) is 21.9. The van der Waals surface area contributed by atoms with Crippen LogP contribution in [0.15, 0.2) is 48.7 Å². The number of nitrogen functional groups attached to an aromatic ring is 1. The summed E-state index contributed by atoms with van der Waals surface area (Å²) < 4.78 is 51.5. The number of aliphatic hydroxyl groups excluding tert-OH is 1. The highest BCUT2D eigenvalue weighted by Crippen LogP contribution is 2.50. The van der Waals surface area contributed by atoms with Crippen LogP contribution in [0.2, 0.25) is 0 Å². The molecule has 5 N–H and O–H groups in total. The van der Waals surface area contributed by atoms with Crippen LogP contribution in [0.1, 0.15) is 26.5 Å². The van der Waals surface area contributed by atoms with Gasteiger partial charge in [0.05, 0.1) is 24.6 Å². The Morgan fingerprint density at radius 3 is 2.75 bits per heavy atom. The van der Waals surface area contributed by atoms with Crippen LogP contribution in [0.3, 0.4) is 0 Å². The molecule has 1 aromatic carbocycles. The molecule has 13 nitrogen and oxygen atoms in total. The molecule has 3 heterocycles. The molecule has 1 saturated heterocycles. The number of hydrogen-bond acceptors (Lipinski definition) is 11. The van der Waals surface area contributed by atoms with Crippen LogP contribution >= 0.6 is 7.75 Å². The molecule has 1 aliphatic heterocycles. The van der Waals surface area contributed by atoms with Crippen molar-refractivity contribution in [3.05, 3.63) is 60.2 Å². The molecule has 4 rings (SSSR count). The van der Waals surface area contributed by atoms with E-state index in [4.69, 9.17) is 24.3 Å². The zero-order chi connectivity index (χ0) is 29.3. The Labute approximate surface area is 228 Å². The molecule has 6 atom stereocenters. The van der Waals surface area contributed by atoms with Gasteiger partial charge in [0, 0.05) is 12.3 Å². The summed E-state index contributed by atoms with van der Waals surface area (Å²) in [5, 5.41) is 39.1. The van der Waals surface area contributed by atoms with Crippen molar-refractivity contribution in [1.82, 2.24) is 14.7 Å². The molecule has 3 aromatic rings. The van der Waals surface area contributed by atoms with Crippen molar-refractivity contribution in [2.24, 2.45) is 0 Å². The van der Waals surface area contributed by atoms with E-state index in [1.165, 1.54) is 31.3 Å². The van der Waals surface area contributed by atoms with Gasteiger partial charge in [0.25, 0.3) is 0 Å². The number of aliphatic hydroxyl groups is 2. The average Bonchev–Trinajstić information content (AvgIpc) is 3.35. The van der Waals surface area contributed by atoms with Crippen LogP contribution in [0, 0.1) is 17.1 Å². The number of para-hydroxylation sites is 1. The smallest absolute Gasteiger partial charge is 0.459 e. The van der Waals surface area contributed by atoms with Gasteiger partial charge in [-0.3, -0.25) is 9.32 Å². The molecule has 0 bridgehead atoms. The molecule has 40 heavy (non-hydrogen) atoms. The lowest BCUT2D eigenvalue weighted by atomic mass is 9.80. The van der Waals surface area contributed by atoms with Crippen LogP contribution in [0.25, 0.3) is 5.52 Å². The molecule has 2 aromatic heterocycles. The number of nitrogens with one attached hydrogen (secondary N) is 1. The lowest BCUT2D eigenvalue weighted by molar-refractivity contribution is -0.144. The van der Waals surface area contributed by atoms with E-state index in [0.29, 0.717) is 0 Å². The maximum Gasteiger partial charge on any atom is 0.459 e. The third kappa shape index (κ3) is 5.15. The second kappa shape index (κ2) is 11.1. The van der Waals surface area contributed by atoms with E-state index in [1.54, 1.807) is 25.1 Å². The molecule has 1 unspecified atom stereocenters. The monoisotopic (exact) mass is 577 g/mol. The predicted octanol–water partition coefficient (Wildman–Crippen LogP) is 2.03. The molecule has 214 valence electrons. The fourth-order valence-electron chi connectivity index (χ4n) is 4.42. The summed E-state index contributed by atoms with van der Waals surface area (Å²) in [6, 6.07) is 11.0. The van der Waals surface area contributed by atoms with Crippen molar-refractivity contribution >= 4 is 24.9 Å². The second-order valence-electron chi connectivity index (χ2n) is 9.27. The van der Waals surface area contributed by atoms with Crippen LogP contribution in [-0.4, -0.2) is 62.9 Å². The number of nitriles is 1. The van der Waals surface area contributed by atoms with Gasteiger partial charge in [-0.25, -0.2) is 13.5 Å². The minimum absolute atomic E-state index is 0.0192. The van der Waals surface area contributed by atoms with Gasteiger partial charge in [-0.2, -0.15) is 15.4 Å². The Hall–Kier alpha value is -3.57. The van der Waals surface area contributed by atoms with Crippen molar-refractivity contribution in [3.8, 4) is 11.8 Å². The number of hydrogen-bond donors (Lipinski definition) is 4. The Morgan fingerprint density at radius 2 is 2.10 bits per heavy atom. The number of aromatic nitrogens is 2. The summed E-state index contributed by atoms with van der Waals surface area (Å²) in [7, 11) is -4.36. The third-order valence-electron chi connectivity index (χ3n) is 6.50. The molecule has 1 fully saturated rings. The standard InChI is InChI=1S/C25H29FN5O8P/c1-4-36-23(33)15(2)30-40(35,39-16-8-6-5-7-9-16)37-13-19-22(32)24(3,34)25(14-27,38-19)20-12-17(26)21-18(28)10-11-29-31(20)21/h5-12,15,19,22,32,34H,4,13,28H2,1-3H3,(H,30,35)/t15-,19+,22+,24+,25-,40?/m0/s1. The summed E-state index contributed by atoms with van der Waals surface area (Å²) in [4.78, 5) is 12.2. The van der Waals surface area contributed by atoms with Crippen LogP contribution in [0.4, 0.5) is 10.1 Å². The normalized spacial score (nSPS) is 26.6. The number of halogens is 1. The number of fused-ring (bicyclic) bond motifs is 1. The maximum absolute atomic E-state index is 14.9. The molecule has 0 radical (unpaired) electrons. The van der Waals surface area contributed by atoms with Crippen molar-refractivity contribution in [3.63, 3.8) is 0 Å². The van der Waals surface area contributed by atoms with Crippen LogP contribution in [0.5, 0.6) is 5.75 Å². The number of ether oxygens (including phenoxy) is 2. The van der Waals surface area contributed by atoms with E-state index in [9.17, 15) is 29.2 Å². The van der Waals surface area contributed by atoms with Crippen molar-refractivity contribution in [1.29, 1.82) is 5.26 Å². The van der Waals surface area contributed by atoms with Gasteiger partial charge in [0.15, 0.2) is 5.82 Å². The number of anilines is 1. The topological polar surface area (TPSA) is 191 Å². The first-order chi connectivity index (χ1) is 18.9. The number of nitrogens with two attached hydrogens (primary N) is 1. The van der Waals surface area contributed by atoms with Gasteiger partial charge < -0.3 is 29.9 Å². The van der Waals surface area contributed by atoms with Gasteiger partial charge in [-0.15, -0.1) is 0 Å². The molecule has 0 aliphatic carbocycles. The quantitative estimate of drug-likeness (QED) is 0.203. The minimum atomic E-state index is -4.36. The Bertz CT molecular complexity index is 1480.